The molecule has 122 valence electrons. The average Bonchev–Trinajstić information content (AvgIpc) is 2.81. The van der Waals surface area contributed by atoms with Crippen molar-refractivity contribution in [3.63, 3.8) is 0 Å². The molecule has 0 radical (unpaired) electrons. The maximum absolute atomic E-state index is 10.9. The van der Waals surface area contributed by atoms with Crippen molar-refractivity contribution < 1.29 is 9.90 Å². The second-order valence-electron chi connectivity index (χ2n) is 6.63. The molecule has 0 spiro atoms. The molecular formula is C16H25N3O2S. The molecule has 0 aromatic carbocycles. The molecule has 0 bridgehead atoms. The predicted molar refractivity (Wildman–Crippen MR) is 90.8 cm³/mol. The minimum absolute atomic E-state index is 0.0705. The van der Waals surface area contributed by atoms with Gasteiger partial charge in [0.25, 0.3) is 0 Å². The topological polar surface area (TPSA) is 67.6 Å². The van der Waals surface area contributed by atoms with Crippen molar-refractivity contribution in [2.45, 2.75) is 32.6 Å². The Morgan fingerprint density at radius 2 is 1.95 bits per heavy atom. The van der Waals surface area contributed by atoms with Gasteiger partial charge in [0.2, 0.25) is 0 Å². The zero-order valence-corrected chi connectivity index (χ0v) is 14.8. The number of likely N-dealkylation sites (N-methyl/N-ethyl adjacent to an activating group) is 1. The van der Waals surface area contributed by atoms with Crippen molar-refractivity contribution in [2.75, 3.05) is 38.6 Å². The monoisotopic (exact) mass is 323 g/mol. The number of carboxylic acids is 1. The smallest absolute Gasteiger partial charge is 0.305 e. The molecule has 1 aromatic rings. The molecule has 0 aliphatic rings. The first-order valence-corrected chi connectivity index (χ1v) is 8.18. The van der Waals surface area contributed by atoms with Crippen LogP contribution in [0.2, 0.25) is 0 Å². The van der Waals surface area contributed by atoms with Crippen LogP contribution in [0.25, 0.3) is 0 Å². The molecule has 1 N–H and O–H groups in total. The summed E-state index contributed by atoms with van der Waals surface area (Å²) in [5, 5.41) is 21.4. The summed E-state index contributed by atoms with van der Waals surface area (Å²) in [6.07, 6.45) is 0.0705. The lowest BCUT2D eigenvalue weighted by Crippen LogP contribution is -2.33. The van der Waals surface area contributed by atoms with Crippen LogP contribution in [0.1, 0.15) is 38.3 Å². The lowest BCUT2D eigenvalue weighted by molar-refractivity contribution is -0.136. The van der Waals surface area contributed by atoms with Crippen LogP contribution < -0.4 is 4.90 Å². The average molecular weight is 323 g/mol. The Hall–Kier alpha value is -1.58. The van der Waals surface area contributed by atoms with Crippen LogP contribution in [0.4, 0.5) is 5.00 Å². The first kappa shape index (κ1) is 18.5. The fourth-order valence-corrected chi connectivity index (χ4v) is 3.41. The Labute approximate surface area is 136 Å². The van der Waals surface area contributed by atoms with E-state index in [1.165, 1.54) is 11.3 Å². The van der Waals surface area contributed by atoms with E-state index >= 15 is 0 Å². The summed E-state index contributed by atoms with van der Waals surface area (Å²) in [5.74, 6) is -0.819. The van der Waals surface area contributed by atoms with Crippen molar-refractivity contribution in [1.29, 1.82) is 5.26 Å². The highest BCUT2D eigenvalue weighted by atomic mass is 32.1. The molecule has 0 saturated carbocycles. The van der Waals surface area contributed by atoms with Gasteiger partial charge in [-0.1, -0.05) is 20.8 Å². The highest BCUT2D eigenvalue weighted by Crippen LogP contribution is 2.37. The fourth-order valence-electron chi connectivity index (χ4n) is 2.11. The first-order chi connectivity index (χ1) is 10.2. The van der Waals surface area contributed by atoms with Gasteiger partial charge >= 0.3 is 5.97 Å². The van der Waals surface area contributed by atoms with E-state index in [1.807, 2.05) is 24.4 Å². The van der Waals surface area contributed by atoms with Crippen LogP contribution in [0, 0.1) is 11.3 Å². The molecule has 0 saturated heterocycles. The summed E-state index contributed by atoms with van der Waals surface area (Å²) in [5.41, 5.74) is 1.61. The van der Waals surface area contributed by atoms with E-state index in [-0.39, 0.29) is 11.8 Å². The third-order valence-corrected chi connectivity index (χ3v) is 4.43. The van der Waals surface area contributed by atoms with E-state index < -0.39 is 5.97 Å². The molecule has 0 unspecified atom stereocenters. The number of anilines is 1. The van der Waals surface area contributed by atoms with Gasteiger partial charge in [0.05, 0.1) is 12.0 Å². The SMILES string of the molecule is CN(C)CCN(CCC(=O)O)c1scc(C(C)(C)C)c1C#N. The highest BCUT2D eigenvalue weighted by Gasteiger charge is 2.25. The largest absolute Gasteiger partial charge is 0.481 e. The number of carbonyl (C=O) groups is 1. The summed E-state index contributed by atoms with van der Waals surface area (Å²) in [6, 6.07) is 2.31. The van der Waals surface area contributed by atoms with Crippen LogP contribution in [0.15, 0.2) is 5.38 Å². The van der Waals surface area contributed by atoms with E-state index in [0.717, 1.165) is 17.1 Å². The van der Waals surface area contributed by atoms with Gasteiger partial charge in [0.15, 0.2) is 0 Å². The minimum atomic E-state index is -0.819. The second-order valence-corrected chi connectivity index (χ2v) is 7.48. The Morgan fingerprint density at radius 1 is 1.32 bits per heavy atom. The lowest BCUT2D eigenvalue weighted by Gasteiger charge is -2.25. The summed E-state index contributed by atoms with van der Waals surface area (Å²) >= 11 is 1.53. The normalized spacial score (nSPS) is 11.5. The van der Waals surface area contributed by atoms with Crippen LogP contribution in [0.5, 0.6) is 0 Å². The number of carboxylic acid groups (broad SMARTS) is 1. The molecule has 0 fully saturated rings. The van der Waals surface area contributed by atoms with E-state index in [0.29, 0.717) is 18.7 Å². The van der Waals surface area contributed by atoms with Gasteiger partial charge in [-0.05, 0) is 30.5 Å². The number of thiophene rings is 1. The van der Waals surface area contributed by atoms with Crippen LogP contribution in [-0.2, 0) is 10.2 Å². The van der Waals surface area contributed by atoms with Gasteiger partial charge in [-0.15, -0.1) is 11.3 Å². The molecule has 1 heterocycles. The molecular weight excluding hydrogens is 298 g/mol. The van der Waals surface area contributed by atoms with Crippen molar-refractivity contribution in [3.8, 4) is 6.07 Å². The Balaban J connectivity index is 3.10. The number of nitriles is 1. The third kappa shape index (κ3) is 5.00. The van der Waals surface area contributed by atoms with Gasteiger partial charge in [-0.3, -0.25) is 4.79 Å². The van der Waals surface area contributed by atoms with E-state index in [2.05, 4.69) is 31.7 Å². The maximum Gasteiger partial charge on any atom is 0.305 e. The van der Waals surface area contributed by atoms with Gasteiger partial charge in [-0.2, -0.15) is 5.26 Å². The summed E-state index contributed by atoms with van der Waals surface area (Å²) in [6.45, 7) is 8.19. The van der Waals surface area contributed by atoms with Crippen LogP contribution in [0.3, 0.4) is 0 Å². The Morgan fingerprint density at radius 3 is 2.41 bits per heavy atom. The van der Waals surface area contributed by atoms with Crippen LogP contribution in [-0.4, -0.2) is 49.7 Å². The standard InChI is InChI=1S/C16H25N3O2S/c1-16(2,3)13-11-22-15(12(13)10-17)19(7-6-14(20)21)9-8-18(4)5/h11H,6-9H2,1-5H3,(H,20,21). The van der Waals surface area contributed by atoms with Crippen LogP contribution >= 0.6 is 11.3 Å². The molecule has 0 amide bonds. The minimum Gasteiger partial charge on any atom is -0.481 e. The quantitative estimate of drug-likeness (QED) is 0.835. The van der Waals surface area contributed by atoms with E-state index in [1.54, 1.807) is 0 Å². The van der Waals surface area contributed by atoms with E-state index in [9.17, 15) is 10.1 Å². The van der Waals surface area contributed by atoms with Crippen molar-refractivity contribution >= 4 is 22.3 Å². The molecule has 1 rings (SSSR count). The second kappa shape index (κ2) is 7.61. The molecule has 5 nitrogen and oxygen atoms in total. The Bertz CT molecular complexity index is 553. The zero-order valence-electron chi connectivity index (χ0n) is 14.0. The number of hydrogen-bond donors (Lipinski definition) is 1. The van der Waals surface area contributed by atoms with Gasteiger partial charge < -0.3 is 14.9 Å². The summed E-state index contributed by atoms with van der Waals surface area (Å²) in [4.78, 5) is 15.0. The lowest BCUT2D eigenvalue weighted by atomic mass is 9.86. The predicted octanol–water partition coefficient (Wildman–Crippen LogP) is 2.76. The molecule has 0 aliphatic heterocycles. The van der Waals surface area contributed by atoms with Gasteiger partial charge in [0.1, 0.15) is 11.1 Å². The van der Waals surface area contributed by atoms with Crippen molar-refractivity contribution in [3.05, 3.63) is 16.5 Å². The first-order valence-electron chi connectivity index (χ1n) is 7.30. The zero-order chi connectivity index (χ0) is 16.9. The number of hydrogen-bond acceptors (Lipinski definition) is 5. The third-order valence-electron chi connectivity index (χ3n) is 3.39. The molecule has 0 aliphatic carbocycles. The molecule has 6 heteroatoms. The number of rotatable bonds is 7. The van der Waals surface area contributed by atoms with Gasteiger partial charge in [0, 0.05) is 19.6 Å². The van der Waals surface area contributed by atoms with Gasteiger partial charge in [-0.25, -0.2) is 0 Å². The maximum atomic E-state index is 10.9. The summed E-state index contributed by atoms with van der Waals surface area (Å²) in [7, 11) is 3.96. The van der Waals surface area contributed by atoms with Crippen molar-refractivity contribution in [2.24, 2.45) is 0 Å². The molecule has 22 heavy (non-hydrogen) atoms. The highest BCUT2D eigenvalue weighted by molar-refractivity contribution is 7.14. The van der Waals surface area contributed by atoms with E-state index in [4.69, 9.17) is 5.11 Å². The molecule has 1 aromatic heterocycles. The number of nitrogens with zero attached hydrogens (tertiary/aromatic N) is 3. The molecule has 0 atom stereocenters. The van der Waals surface area contributed by atoms with Crippen molar-refractivity contribution in [1.82, 2.24) is 4.90 Å². The number of aliphatic carboxylic acids is 1. The summed E-state index contributed by atoms with van der Waals surface area (Å²) < 4.78 is 0. The fraction of sp³-hybridized carbons (Fsp3) is 0.625. The Kier molecular flexibility index (Phi) is 6.39.